The molecule has 0 fully saturated rings. The van der Waals surface area contributed by atoms with Crippen molar-refractivity contribution in [3.63, 3.8) is 0 Å². The summed E-state index contributed by atoms with van der Waals surface area (Å²) in [7, 11) is 0. The maximum Gasteiger partial charge on any atom is 0.264 e. The number of amidine groups is 1. The standard InChI is InChI=1S/C19H13N5O/c20-11-14-16(21)15-18(22-17(14)12-7-3-1-4-8-12)23-24(19(15)25)13-9-5-2-6-10-13/h1-10,15H,21H2. The van der Waals surface area contributed by atoms with E-state index < -0.39 is 5.92 Å². The Hall–Kier alpha value is -3.72. The second-order valence-electron chi connectivity index (χ2n) is 5.65. The van der Waals surface area contributed by atoms with Gasteiger partial charge in [0.15, 0.2) is 5.84 Å². The molecule has 2 aromatic rings. The molecule has 2 aliphatic rings. The number of rotatable bonds is 2. The summed E-state index contributed by atoms with van der Waals surface area (Å²) in [5.41, 5.74) is 8.43. The molecule has 4 rings (SSSR count). The molecule has 6 nitrogen and oxygen atoms in total. The number of nitrogens with zero attached hydrogens (tertiary/aromatic N) is 4. The van der Waals surface area contributed by atoms with Gasteiger partial charge in [0, 0.05) is 11.3 Å². The predicted molar refractivity (Wildman–Crippen MR) is 94.7 cm³/mol. The Morgan fingerprint density at radius 1 is 1.04 bits per heavy atom. The number of benzene rings is 2. The lowest BCUT2D eigenvalue weighted by Crippen LogP contribution is -2.35. The number of aliphatic imine (C=N–C) groups is 1. The van der Waals surface area contributed by atoms with Crippen molar-refractivity contribution < 1.29 is 4.79 Å². The fourth-order valence-electron chi connectivity index (χ4n) is 2.93. The third-order valence-electron chi connectivity index (χ3n) is 4.14. The Morgan fingerprint density at radius 3 is 2.32 bits per heavy atom. The molecule has 2 aromatic carbocycles. The summed E-state index contributed by atoms with van der Waals surface area (Å²) in [4.78, 5) is 17.3. The summed E-state index contributed by atoms with van der Waals surface area (Å²) < 4.78 is 0. The minimum absolute atomic E-state index is 0.193. The van der Waals surface area contributed by atoms with Gasteiger partial charge >= 0.3 is 0 Å². The number of para-hydroxylation sites is 1. The summed E-state index contributed by atoms with van der Waals surface area (Å²) in [6.45, 7) is 0. The van der Waals surface area contributed by atoms with Gasteiger partial charge in [-0.3, -0.25) is 4.79 Å². The van der Waals surface area contributed by atoms with E-state index in [9.17, 15) is 10.1 Å². The molecule has 2 aliphatic heterocycles. The Morgan fingerprint density at radius 2 is 1.68 bits per heavy atom. The van der Waals surface area contributed by atoms with Crippen molar-refractivity contribution in [3.05, 3.63) is 77.5 Å². The number of fused-ring (bicyclic) bond motifs is 1. The predicted octanol–water partition coefficient (Wildman–Crippen LogP) is 2.20. The second kappa shape index (κ2) is 5.73. The van der Waals surface area contributed by atoms with Crippen molar-refractivity contribution in [2.75, 3.05) is 5.01 Å². The van der Waals surface area contributed by atoms with E-state index in [0.29, 0.717) is 17.2 Å². The highest BCUT2D eigenvalue weighted by atomic mass is 16.2. The van der Waals surface area contributed by atoms with Crippen LogP contribution in [-0.2, 0) is 4.79 Å². The SMILES string of the molecule is N#CC1=C(N)C2C(=O)N(c3ccccc3)N=C2N=C1c1ccccc1. The minimum atomic E-state index is -0.817. The van der Waals surface area contributed by atoms with Crippen LogP contribution < -0.4 is 10.7 Å². The van der Waals surface area contributed by atoms with Crippen LogP contribution in [0.3, 0.4) is 0 Å². The third-order valence-corrected chi connectivity index (χ3v) is 4.14. The third kappa shape index (κ3) is 2.30. The maximum absolute atomic E-state index is 12.8. The van der Waals surface area contributed by atoms with Crippen LogP contribution in [0.4, 0.5) is 5.69 Å². The van der Waals surface area contributed by atoms with Crippen molar-refractivity contribution in [3.8, 4) is 6.07 Å². The van der Waals surface area contributed by atoms with Gasteiger partial charge in [-0.15, -0.1) is 5.10 Å². The largest absolute Gasteiger partial charge is 0.400 e. The molecule has 120 valence electrons. The fourth-order valence-corrected chi connectivity index (χ4v) is 2.93. The Kier molecular flexibility index (Phi) is 3.40. The lowest BCUT2D eigenvalue weighted by Gasteiger charge is -2.19. The van der Waals surface area contributed by atoms with E-state index >= 15 is 0 Å². The number of anilines is 1. The first kappa shape index (κ1) is 14.8. The Labute approximate surface area is 144 Å². The van der Waals surface area contributed by atoms with E-state index in [0.717, 1.165) is 5.56 Å². The molecule has 6 heteroatoms. The number of dihydropyridines is 1. The average Bonchev–Trinajstić information content (AvgIpc) is 3.00. The Balaban J connectivity index is 1.85. The molecule has 1 amide bonds. The van der Waals surface area contributed by atoms with Crippen molar-refractivity contribution in [2.24, 2.45) is 21.7 Å². The Bertz CT molecular complexity index is 983. The van der Waals surface area contributed by atoms with E-state index in [2.05, 4.69) is 16.2 Å². The number of carbonyl (C=O) groups excluding carboxylic acids is 1. The smallest absolute Gasteiger partial charge is 0.264 e. The van der Waals surface area contributed by atoms with E-state index in [4.69, 9.17) is 5.73 Å². The minimum Gasteiger partial charge on any atom is -0.400 e. The number of allylic oxidation sites excluding steroid dienone is 1. The van der Waals surface area contributed by atoms with Crippen molar-refractivity contribution in [2.45, 2.75) is 0 Å². The zero-order valence-corrected chi connectivity index (χ0v) is 13.1. The monoisotopic (exact) mass is 327 g/mol. The van der Waals surface area contributed by atoms with Gasteiger partial charge < -0.3 is 5.73 Å². The topological polar surface area (TPSA) is 94.8 Å². The number of hydrazone groups is 1. The molecular formula is C19H13N5O. The molecule has 0 radical (unpaired) electrons. The zero-order valence-electron chi connectivity index (χ0n) is 13.1. The van der Waals surface area contributed by atoms with Crippen molar-refractivity contribution in [1.29, 1.82) is 5.26 Å². The van der Waals surface area contributed by atoms with Crippen LogP contribution >= 0.6 is 0 Å². The van der Waals surface area contributed by atoms with Crippen LogP contribution in [0.5, 0.6) is 0 Å². The highest BCUT2D eigenvalue weighted by Crippen LogP contribution is 2.32. The molecule has 0 aliphatic carbocycles. The molecule has 0 saturated carbocycles. The summed E-state index contributed by atoms with van der Waals surface area (Å²) in [6, 6.07) is 20.4. The van der Waals surface area contributed by atoms with E-state index in [1.807, 2.05) is 48.5 Å². The lowest BCUT2D eigenvalue weighted by molar-refractivity contribution is -0.119. The second-order valence-corrected chi connectivity index (χ2v) is 5.65. The number of amides is 1. The normalized spacial score (nSPS) is 19.2. The molecule has 0 aromatic heterocycles. The quantitative estimate of drug-likeness (QED) is 0.916. The maximum atomic E-state index is 12.8. The summed E-state index contributed by atoms with van der Waals surface area (Å²) in [5.74, 6) is -0.811. The van der Waals surface area contributed by atoms with Gasteiger partial charge in [-0.1, -0.05) is 48.5 Å². The van der Waals surface area contributed by atoms with Gasteiger partial charge in [-0.05, 0) is 12.1 Å². The highest BCUT2D eigenvalue weighted by Gasteiger charge is 2.43. The van der Waals surface area contributed by atoms with Crippen LogP contribution in [0.25, 0.3) is 0 Å². The van der Waals surface area contributed by atoms with Gasteiger partial charge in [0.2, 0.25) is 0 Å². The van der Waals surface area contributed by atoms with Gasteiger partial charge in [0.05, 0.1) is 17.0 Å². The molecule has 0 saturated heterocycles. The number of hydrogen-bond acceptors (Lipinski definition) is 5. The van der Waals surface area contributed by atoms with Gasteiger partial charge in [0.25, 0.3) is 5.91 Å². The fraction of sp³-hybridized carbons (Fsp3) is 0.0526. The highest BCUT2D eigenvalue weighted by molar-refractivity contribution is 6.28. The number of carbonyl (C=O) groups is 1. The van der Waals surface area contributed by atoms with Crippen molar-refractivity contribution >= 4 is 23.1 Å². The summed E-state index contributed by atoms with van der Waals surface area (Å²) in [6.07, 6.45) is 0. The number of nitrogens with two attached hydrogens (primary N) is 1. The van der Waals surface area contributed by atoms with E-state index in [1.165, 1.54) is 5.01 Å². The first-order valence-electron chi connectivity index (χ1n) is 7.72. The molecule has 25 heavy (non-hydrogen) atoms. The van der Waals surface area contributed by atoms with Crippen LogP contribution in [0, 0.1) is 17.2 Å². The van der Waals surface area contributed by atoms with Gasteiger partial charge in [-0.25, -0.2) is 4.99 Å². The van der Waals surface area contributed by atoms with Crippen LogP contribution in [0.1, 0.15) is 5.56 Å². The molecule has 1 unspecified atom stereocenters. The number of hydrogen-bond donors (Lipinski definition) is 1. The average molecular weight is 327 g/mol. The summed E-state index contributed by atoms with van der Waals surface area (Å²) in [5, 5.41) is 15.2. The zero-order chi connectivity index (χ0) is 17.4. The molecule has 2 heterocycles. The van der Waals surface area contributed by atoms with Crippen LogP contribution in [0.15, 0.2) is 82.0 Å². The van der Waals surface area contributed by atoms with Crippen LogP contribution in [-0.4, -0.2) is 17.5 Å². The van der Waals surface area contributed by atoms with E-state index in [1.54, 1.807) is 12.1 Å². The lowest BCUT2D eigenvalue weighted by atomic mass is 9.91. The van der Waals surface area contributed by atoms with Gasteiger partial charge in [-0.2, -0.15) is 10.3 Å². The number of nitriles is 1. The molecular weight excluding hydrogens is 314 g/mol. The van der Waals surface area contributed by atoms with Crippen molar-refractivity contribution in [1.82, 2.24) is 0 Å². The van der Waals surface area contributed by atoms with Gasteiger partial charge in [0.1, 0.15) is 12.0 Å². The van der Waals surface area contributed by atoms with Crippen LogP contribution in [0.2, 0.25) is 0 Å². The molecule has 0 spiro atoms. The first-order chi connectivity index (χ1) is 12.2. The van der Waals surface area contributed by atoms with E-state index in [-0.39, 0.29) is 17.2 Å². The molecule has 1 atom stereocenters. The molecule has 2 N–H and O–H groups in total. The summed E-state index contributed by atoms with van der Waals surface area (Å²) >= 11 is 0. The first-order valence-corrected chi connectivity index (χ1v) is 7.72. The molecule has 0 bridgehead atoms.